The summed E-state index contributed by atoms with van der Waals surface area (Å²) >= 11 is 0. The van der Waals surface area contributed by atoms with E-state index in [1.807, 2.05) is 0 Å². The number of carbonyl (C=O) groups is 6. The fourth-order valence-corrected chi connectivity index (χ4v) is 1.51. The van der Waals surface area contributed by atoms with Crippen LogP contribution in [0.2, 0.25) is 0 Å². The van der Waals surface area contributed by atoms with E-state index in [1.54, 1.807) is 0 Å². The molecule has 0 aliphatic carbocycles. The van der Waals surface area contributed by atoms with Crippen molar-refractivity contribution in [1.29, 1.82) is 0 Å². The molecule has 2 atom stereocenters. The van der Waals surface area contributed by atoms with E-state index in [9.17, 15) is 59.4 Å². The Bertz CT molecular complexity index is 1010. The molecule has 0 aromatic carbocycles. The summed E-state index contributed by atoms with van der Waals surface area (Å²) in [6, 6.07) is 0. The molecule has 2 rings (SSSR count). The molecule has 21 heteroatoms. The number of rotatable bonds is 10. The molecule has 4 N–H and O–H groups in total. The van der Waals surface area contributed by atoms with Gasteiger partial charge in [-0.1, -0.05) is 0 Å². The minimum atomic E-state index is -1.96. The summed E-state index contributed by atoms with van der Waals surface area (Å²) in [4.78, 5) is 70.8. The molecule has 0 fully saturated rings. The Morgan fingerprint density at radius 3 is 1.10 bits per heavy atom. The van der Waals surface area contributed by atoms with Crippen molar-refractivity contribution in [3.63, 3.8) is 0 Å². The number of hydrogen-bond donors (Lipinski definition) is 4. The minimum absolute atomic E-state index is 0. The zero-order chi connectivity index (χ0) is 29.7. The van der Waals surface area contributed by atoms with Gasteiger partial charge in [0.05, 0.1) is 72.5 Å². The van der Waals surface area contributed by atoms with Gasteiger partial charge in [0.15, 0.2) is 0 Å². The maximum atomic E-state index is 9.86. The second kappa shape index (κ2) is 28.1. The smallest absolute Gasteiger partial charge is 0.550 e. The van der Waals surface area contributed by atoms with Crippen LogP contribution in [-0.2, 0) is 87.2 Å². The van der Waals surface area contributed by atoms with E-state index in [0.717, 1.165) is 12.2 Å². The molecule has 0 bridgehead atoms. The molecule has 0 saturated heterocycles. The molecule has 0 aliphatic heterocycles. The first-order valence-electron chi connectivity index (χ1n) is 9.58. The third-order valence-electron chi connectivity index (χ3n) is 3.10. The molecule has 208 valence electrons. The largest absolute Gasteiger partial charge is 2.00 e. The van der Waals surface area contributed by atoms with Gasteiger partial charge in [-0.15, -0.1) is 0 Å². The van der Waals surface area contributed by atoms with Crippen LogP contribution < -0.4 is 30.6 Å². The van der Waals surface area contributed by atoms with Crippen LogP contribution in [0.4, 0.5) is 0 Å². The molecular formula is C20H18N4O14Zn3. The predicted molar refractivity (Wildman–Crippen MR) is 107 cm³/mol. The molecule has 2 aromatic rings. The fourth-order valence-electron chi connectivity index (χ4n) is 1.51. The zero-order valence-corrected chi connectivity index (χ0v) is 29.9. The topological polar surface area (TPSA) is 339 Å². The molecule has 0 radical (unpaired) electrons. The van der Waals surface area contributed by atoms with E-state index in [1.165, 1.54) is 37.2 Å². The van der Waals surface area contributed by atoms with Crippen molar-refractivity contribution in [2.24, 2.45) is 0 Å². The number of aliphatic carboxylic acids is 6. The standard InChI is InChI=1S/2C6H6N2O2.2C4H6O5.3Zn/c2*9-6(10)2-1-5-3-7-4-8-5;2*5-2(4(8)9)1-3(6)7;;;/h2*1-4H,(H,7,8)(H,9,10);2*2,5H,1H2,(H,6,7)(H,8,9);;;/q;;;;3*+2/p-6. The summed E-state index contributed by atoms with van der Waals surface area (Å²) in [5.41, 5.74) is 1.29. The molecular weight excluding hydrogens is 716 g/mol. The summed E-state index contributed by atoms with van der Waals surface area (Å²) in [7, 11) is 0. The summed E-state index contributed by atoms with van der Waals surface area (Å²) in [6.45, 7) is 0. The van der Waals surface area contributed by atoms with Gasteiger partial charge in [-0.3, -0.25) is 0 Å². The van der Waals surface area contributed by atoms with Crippen molar-refractivity contribution in [1.82, 2.24) is 19.9 Å². The number of aromatic nitrogens is 4. The Hall–Kier alpha value is -3.49. The molecule has 2 heterocycles. The average molecular weight is 735 g/mol. The van der Waals surface area contributed by atoms with Gasteiger partial charge in [0.25, 0.3) is 0 Å². The van der Waals surface area contributed by atoms with Crippen LogP contribution in [0.5, 0.6) is 0 Å². The van der Waals surface area contributed by atoms with Gasteiger partial charge in [0.1, 0.15) is 0 Å². The summed E-state index contributed by atoms with van der Waals surface area (Å²) in [5, 5.41) is 74.4. The van der Waals surface area contributed by atoms with Gasteiger partial charge in [0, 0.05) is 24.8 Å². The maximum absolute atomic E-state index is 9.86. The zero-order valence-electron chi connectivity index (χ0n) is 21.0. The van der Waals surface area contributed by atoms with Crippen LogP contribution in [0.1, 0.15) is 24.2 Å². The van der Waals surface area contributed by atoms with Gasteiger partial charge in [-0.2, -0.15) is 0 Å². The number of carboxylic acid groups (broad SMARTS) is 6. The van der Waals surface area contributed by atoms with Crippen LogP contribution >= 0.6 is 0 Å². The van der Waals surface area contributed by atoms with Crippen molar-refractivity contribution in [2.45, 2.75) is 25.0 Å². The predicted octanol–water partition coefficient (Wildman–Crippen LogP) is -9.19. The number of nitrogens with one attached hydrogen (secondary N) is 2. The number of aromatic amines is 2. The first kappa shape index (κ1) is 47.3. The van der Waals surface area contributed by atoms with Crippen LogP contribution in [0.15, 0.2) is 37.2 Å². The SMILES string of the molecule is O=C([O-])C=Cc1cnc[nH]1.O=C([O-])C=Cc1cnc[nH]1.O=C([O-])CC(O)C(=O)[O-].O=C([O-])CC(O)C(=O)[O-].[Zn+2].[Zn+2].[Zn+2]. The molecule has 2 unspecified atom stereocenters. The number of aliphatic hydroxyl groups is 2. The summed E-state index contributed by atoms with van der Waals surface area (Å²) in [5.74, 6) is -9.28. The van der Waals surface area contributed by atoms with Crippen LogP contribution in [0.25, 0.3) is 12.2 Å². The first-order chi connectivity index (χ1) is 17.6. The number of hydrogen-bond acceptors (Lipinski definition) is 16. The first-order valence-corrected chi connectivity index (χ1v) is 9.58. The summed E-state index contributed by atoms with van der Waals surface area (Å²) < 4.78 is 0. The minimum Gasteiger partial charge on any atom is -0.550 e. The van der Waals surface area contributed by atoms with E-state index >= 15 is 0 Å². The van der Waals surface area contributed by atoms with E-state index < -0.39 is 60.9 Å². The van der Waals surface area contributed by atoms with Crippen LogP contribution in [0.3, 0.4) is 0 Å². The molecule has 18 nitrogen and oxygen atoms in total. The number of imidazole rings is 2. The van der Waals surface area contributed by atoms with Crippen molar-refractivity contribution in [3.05, 3.63) is 48.6 Å². The number of H-pyrrole nitrogens is 2. The van der Waals surface area contributed by atoms with Crippen molar-refractivity contribution in [3.8, 4) is 0 Å². The molecule has 0 saturated carbocycles. The molecule has 0 spiro atoms. The van der Waals surface area contributed by atoms with Crippen LogP contribution in [-0.4, -0.2) is 78.2 Å². The maximum Gasteiger partial charge on any atom is 2.00 e. The van der Waals surface area contributed by atoms with Gasteiger partial charge in [0.2, 0.25) is 0 Å². The van der Waals surface area contributed by atoms with Crippen molar-refractivity contribution >= 4 is 48.0 Å². The van der Waals surface area contributed by atoms with Gasteiger partial charge >= 0.3 is 58.4 Å². The Kier molecular flexibility index (Phi) is 32.4. The Morgan fingerprint density at radius 2 is 0.951 bits per heavy atom. The van der Waals surface area contributed by atoms with Crippen molar-refractivity contribution < 1.29 is 128 Å². The normalized spacial score (nSPS) is 10.6. The number of aliphatic hydroxyl groups excluding tert-OH is 2. The quantitative estimate of drug-likeness (QED) is 0.130. The Balaban J connectivity index is -0.000000137. The van der Waals surface area contributed by atoms with Crippen LogP contribution in [0, 0.1) is 0 Å². The third kappa shape index (κ3) is 32.6. The molecule has 2 aromatic heterocycles. The molecule has 0 aliphatic rings. The average Bonchev–Trinajstić information content (AvgIpc) is 3.51. The number of nitrogens with zero attached hydrogens (tertiary/aromatic N) is 2. The van der Waals surface area contributed by atoms with E-state index in [-0.39, 0.29) is 58.4 Å². The fraction of sp³-hybridized carbons (Fsp3) is 0.200. The van der Waals surface area contributed by atoms with Gasteiger partial charge in [-0.05, 0) is 24.3 Å². The number of carboxylic acids is 6. The van der Waals surface area contributed by atoms with Gasteiger partial charge in [-0.25, -0.2) is 9.97 Å². The van der Waals surface area contributed by atoms with Crippen molar-refractivity contribution in [2.75, 3.05) is 0 Å². The second-order valence-corrected chi connectivity index (χ2v) is 6.14. The summed E-state index contributed by atoms with van der Waals surface area (Å²) in [6.07, 6.45) is 4.81. The Labute approximate surface area is 268 Å². The van der Waals surface area contributed by atoms with E-state index in [0.29, 0.717) is 11.4 Å². The van der Waals surface area contributed by atoms with Gasteiger partial charge < -0.3 is 79.6 Å². The molecule has 0 amide bonds. The molecule has 41 heavy (non-hydrogen) atoms. The van der Waals surface area contributed by atoms with E-state index in [4.69, 9.17) is 10.2 Å². The third-order valence-corrected chi connectivity index (χ3v) is 3.10. The second-order valence-electron chi connectivity index (χ2n) is 6.14. The number of carbonyl (C=O) groups excluding carboxylic acids is 6. The monoisotopic (exact) mass is 730 g/mol. The Morgan fingerprint density at radius 1 is 0.659 bits per heavy atom. The van der Waals surface area contributed by atoms with E-state index in [2.05, 4.69) is 19.9 Å².